The van der Waals surface area contributed by atoms with Crippen LogP contribution in [0, 0.1) is 5.82 Å². The van der Waals surface area contributed by atoms with Crippen molar-refractivity contribution in [2.24, 2.45) is 0 Å². The van der Waals surface area contributed by atoms with E-state index < -0.39 is 15.8 Å². The van der Waals surface area contributed by atoms with Crippen molar-refractivity contribution in [2.45, 2.75) is 23.8 Å². The SMILES string of the molecule is CNC1CCCN(S(=O)(=O)c2cc(F)ccc2Br)C1. The Morgan fingerprint density at radius 2 is 2.21 bits per heavy atom. The summed E-state index contributed by atoms with van der Waals surface area (Å²) in [5.74, 6) is -0.552. The van der Waals surface area contributed by atoms with Crippen molar-refractivity contribution >= 4 is 26.0 Å². The van der Waals surface area contributed by atoms with Crippen molar-refractivity contribution in [2.75, 3.05) is 20.1 Å². The van der Waals surface area contributed by atoms with Gasteiger partial charge in [-0.1, -0.05) is 0 Å². The lowest BCUT2D eigenvalue weighted by molar-refractivity contribution is 0.292. The van der Waals surface area contributed by atoms with Crippen molar-refractivity contribution in [3.8, 4) is 0 Å². The first kappa shape index (κ1) is 14.9. The molecule has 0 aliphatic carbocycles. The van der Waals surface area contributed by atoms with Crippen LogP contribution in [0.2, 0.25) is 0 Å². The van der Waals surface area contributed by atoms with E-state index in [9.17, 15) is 12.8 Å². The molecule has 0 radical (unpaired) electrons. The predicted octanol–water partition coefficient (Wildman–Crippen LogP) is 1.96. The van der Waals surface area contributed by atoms with E-state index in [0.29, 0.717) is 17.6 Å². The number of benzene rings is 1. The summed E-state index contributed by atoms with van der Waals surface area (Å²) < 4.78 is 40.1. The van der Waals surface area contributed by atoms with Crippen LogP contribution in [-0.2, 0) is 10.0 Å². The molecular formula is C12H16BrFN2O2S. The van der Waals surface area contributed by atoms with Gasteiger partial charge in [-0.15, -0.1) is 0 Å². The number of hydrogen-bond donors (Lipinski definition) is 1. The Labute approximate surface area is 121 Å². The van der Waals surface area contributed by atoms with Gasteiger partial charge < -0.3 is 5.32 Å². The largest absolute Gasteiger partial charge is 0.316 e. The summed E-state index contributed by atoms with van der Waals surface area (Å²) in [6.45, 7) is 0.894. The molecule has 4 nitrogen and oxygen atoms in total. The molecular weight excluding hydrogens is 335 g/mol. The molecule has 1 aliphatic rings. The van der Waals surface area contributed by atoms with Gasteiger partial charge in [0, 0.05) is 23.6 Å². The maximum absolute atomic E-state index is 13.3. The highest BCUT2D eigenvalue weighted by atomic mass is 79.9. The van der Waals surface area contributed by atoms with Crippen LogP contribution >= 0.6 is 15.9 Å². The summed E-state index contributed by atoms with van der Waals surface area (Å²) in [6.07, 6.45) is 1.75. The van der Waals surface area contributed by atoms with Gasteiger partial charge >= 0.3 is 0 Å². The van der Waals surface area contributed by atoms with Crippen LogP contribution in [0.5, 0.6) is 0 Å². The van der Waals surface area contributed by atoms with Gasteiger partial charge in [0.2, 0.25) is 10.0 Å². The highest BCUT2D eigenvalue weighted by Gasteiger charge is 2.31. The molecule has 1 unspecified atom stereocenters. The molecule has 106 valence electrons. The summed E-state index contributed by atoms with van der Waals surface area (Å²) in [5.41, 5.74) is 0. The molecule has 0 bridgehead atoms. The Hall–Kier alpha value is -0.500. The van der Waals surface area contributed by atoms with E-state index in [0.717, 1.165) is 18.9 Å². The minimum absolute atomic E-state index is 0.00995. The van der Waals surface area contributed by atoms with E-state index in [-0.39, 0.29) is 10.9 Å². The van der Waals surface area contributed by atoms with Crippen LogP contribution in [0.1, 0.15) is 12.8 Å². The molecule has 1 heterocycles. The summed E-state index contributed by atoms with van der Waals surface area (Å²) >= 11 is 3.18. The van der Waals surface area contributed by atoms with Crippen LogP contribution in [0.3, 0.4) is 0 Å². The standard InChI is InChI=1S/C12H16BrFN2O2S/c1-15-10-3-2-6-16(8-10)19(17,18)12-7-9(14)4-5-11(12)13/h4-5,7,10,15H,2-3,6,8H2,1H3. The van der Waals surface area contributed by atoms with Crippen molar-refractivity contribution < 1.29 is 12.8 Å². The van der Waals surface area contributed by atoms with Crippen LogP contribution in [-0.4, -0.2) is 38.9 Å². The molecule has 2 rings (SSSR count). The third-order valence-electron chi connectivity index (χ3n) is 3.30. The first-order valence-corrected chi connectivity index (χ1v) is 8.31. The summed E-state index contributed by atoms with van der Waals surface area (Å²) in [5, 5.41) is 3.09. The smallest absolute Gasteiger partial charge is 0.244 e. The first-order chi connectivity index (χ1) is 8.95. The zero-order valence-corrected chi connectivity index (χ0v) is 13.0. The number of hydrogen-bond acceptors (Lipinski definition) is 3. The van der Waals surface area contributed by atoms with Crippen molar-refractivity contribution in [1.82, 2.24) is 9.62 Å². The molecule has 7 heteroatoms. The lowest BCUT2D eigenvalue weighted by atomic mass is 10.1. The maximum Gasteiger partial charge on any atom is 0.244 e. The molecule has 0 amide bonds. The van der Waals surface area contributed by atoms with Gasteiger partial charge in [-0.3, -0.25) is 0 Å². The average Bonchev–Trinajstić information content (AvgIpc) is 2.41. The number of nitrogens with zero attached hydrogens (tertiary/aromatic N) is 1. The molecule has 19 heavy (non-hydrogen) atoms. The first-order valence-electron chi connectivity index (χ1n) is 6.07. The fourth-order valence-corrected chi connectivity index (χ4v) is 4.67. The van der Waals surface area contributed by atoms with E-state index in [2.05, 4.69) is 21.2 Å². The van der Waals surface area contributed by atoms with Gasteiger partial charge in [0.05, 0.1) is 4.90 Å². The number of likely N-dealkylation sites (N-methyl/N-ethyl adjacent to an activating group) is 1. The van der Waals surface area contributed by atoms with Crippen LogP contribution < -0.4 is 5.32 Å². The number of nitrogens with one attached hydrogen (secondary N) is 1. The third kappa shape index (κ3) is 3.16. The van der Waals surface area contributed by atoms with E-state index in [4.69, 9.17) is 0 Å². The molecule has 1 atom stereocenters. The Bertz CT molecular complexity index is 565. The van der Waals surface area contributed by atoms with Gasteiger partial charge in [-0.05, 0) is 54.0 Å². The topological polar surface area (TPSA) is 49.4 Å². The van der Waals surface area contributed by atoms with Crippen LogP contribution in [0.25, 0.3) is 0 Å². The Kier molecular flexibility index (Phi) is 4.60. The highest BCUT2D eigenvalue weighted by molar-refractivity contribution is 9.10. The van der Waals surface area contributed by atoms with Gasteiger partial charge in [0.15, 0.2) is 0 Å². The number of rotatable bonds is 3. The summed E-state index contributed by atoms with van der Waals surface area (Å²) in [4.78, 5) is -0.00995. The van der Waals surface area contributed by atoms with E-state index in [1.54, 1.807) is 0 Å². The second kappa shape index (κ2) is 5.87. The molecule has 1 aromatic rings. The predicted molar refractivity (Wildman–Crippen MR) is 74.9 cm³/mol. The number of halogens is 2. The molecule has 0 spiro atoms. The van der Waals surface area contributed by atoms with E-state index in [1.165, 1.54) is 16.4 Å². The quantitative estimate of drug-likeness (QED) is 0.906. The molecule has 1 aromatic carbocycles. The highest BCUT2D eigenvalue weighted by Crippen LogP contribution is 2.27. The minimum atomic E-state index is -3.65. The van der Waals surface area contributed by atoms with Gasteiger partial charge in [-0.2, -0.15) is 4.31 Å². The minimum Gasteiger partial charge on any atom is -0.316 e. The van der Waals surface area contributed by atoms with Gasteiger partial charge in [0.25, 0.3) is 0 Å². The van der Waals surface area contributed by atoms with E-state index >= 15 is 0 Å². The third-order valence-corrected chi connectivity index (χ3v) is 6.16. The average molecular weight is 351 g/mol. The fourth-order valence-electron chi connectivity index (χ4n) is 2.21. The second-order valence-corrected chi connectivity index (χ2v) is 7.33. The monoisotopic (exact) mass is 350 g/mol. The fraction of sp³-hybridized carbons (Fsp3) is 0.500. The Balaban J connectivity index is 2.34. The van der Waals surface area contributed by atoms with E-state index in [1.807, 2.05) is 7.05 Å². The van der Waals surface area contributed by atoms with Crippen molar-refractivity contribution in [3.05, 3.63) is 28.5 Å². The van der Waals surface area contributed by atoms with Gasteiger partial charge in [0.1, 0.15) is 5.82 Å². The van der Waals surface area contributed by atoms with Crippen LogP contribution in [0.15, 0.2) is 27.6 Å². The molecule has 1 N–H and O–H groups in total. The zero-order valence-electron chi connectivity index (χ0n) is 10.6. The van der Waals surface area contributed by atoms with Crippen molar-refractivity contribution in [3.63, 3.8) is 0 Å². The Morgan fingerprint density at radius 1 is 1.47 bits per heavy atom. The molecule has 1 saturated heterocycles. The number of sulfonamides is 1. The molecule has 1 fully saturated rings. The second-order valence-electron chi connectivity index (χ2n) is 4.57. The molecule has 0 saturated carbocycles. The molecule has 0 aromatic heterocycles. The lowest BCUT2D eigenvalue weighted by Gasteiger charge is -2.31. The van der Waals surface area contributed by atoms with Crippen molar-refractivity contribution in [1.29, 1.82) is 0 Å². The zero-order chi connectivity index (χ0) is 14.0. The summed E-state index contributed by atoms with van der Waals surface area (Å²) in [7, 11) is -1.83. The Morgan fingerprint density at radius 3 is 2.89 bits per heavy atom. The number of piperidine rings is 1. The normalized spacial score (nSPS) is 21.5. The lowest BCUT2D eigenvalue weighted by Crippen LogP contribution is -2.46. The molecule has 1 aliphatic heterocycles. The maximum atomic E-state index is 13.3. The van der Waals surface area contributed by atoms with Gasteiger partial charge in [-0.25, -0.2) is 12.8 Å². The van der Waals surface area contributed by atoms with Crippen LogP contribution in [0.4, 0.5) is 4.39 Å². The summed E-state index contributed by atoms with van der Waals surface area (Å²) in [6, 6.07) is 3.86.